The Balaban J connectivity index is 0.960. The molecule has 2 unspecified atom stereocenters. The molecule has 3 fully saturated rings. The third-order valence-corrected chi connectivity index (χ3v) is 13.9. The molecule has 52 heavy (non-hydrogen) atoms. The zero-order valence-corrected chi connectivity index (χ0v) is 31.5. The molecule has 6 heteroatoms. The van der Waals surface area contributed by atoms with Gasteiger partial charge in [-0.3, -0.25) is 4.79 Å². The summed E-state index contributed by atoms with van der Waals surface area (Å²) in [4.78, 5) is 14.8. The van der Waals surface area contributed by atoms with Gasteiger partial charge in [0.25, 0.3) is 5.91 Å². The van der Waals surface area contributed by atoms with Crippen molar-refractivity contribution in [2.75, 3.05) is 20.2 Å². The number of rotatable bonds is 18. The smallest absolute Gasteiger partial charge is 0.268 e. The van der Waals surface area contributed by atoms with Crippen LogP contribution in [0.15, 0.2) is 66.7 Å². The highest BCUT2D eigenvalue weighted by molar-refractivity contribution is 5.77. The van der Waals surface area contributed by atoms with Crippen LogP contribution in [0.2, 0.25) is 0 Å². The molecule has 2 heterocycles. The van der Waals surface area contributed by atoms with Gasteiger partial charge in [0.2, 0.25) is 0 Å². The molecule has 6 atom stereocenters. The van der Waals surface area contributed by atoms with E-state index in [9.17, 15) is 9.90 Å². The normalized spacial score (nSPS) is 27.4. The van der Waals surface area contributed by atoms with Crippen LogP contribution in [0.1, 0.15) is 119 Å². The van der Waals surface area contributed by atoms with Gasteiger partial charge in [-0.05, 0) is 75.3 Å². The van der Waals surface area contributed by atoms with Crippen LogP contribution in [-0.4, -0.2) is 48.0 Å². The summed E-state index contributed by atoms with van der Waals surface area (Å²) in [5.41, 5.74) is 8.83. The SMILES string of the molecule is COc1cc(O)c2c3c1O[C@H]1CCC[C@H]4[C@@H](C2)[N+](CC2CC2)(NC(=O)C(CCCCCCCCCc2ccccc2)CCc2ccccc2)CC[C@]314. The molecule has 8 rings (SSSR count). The fourth-order valence-corrected chi connectivity index (χ4v) is 11.1. The monoisotopic (exact) mass is 705 g/mol. The molecule has 2 bridgehead atoms. The number of amides is 1. The zero-order valence-electron chi connectivity index (χ0n) is 31.5. The second-order valence-corrected chi connectivity index (χ2v) is 17.1. The molecule has 1 spiro atoms. The highest BCUT2D eigenvalue weighted by atomic mass is 16.5. The van der Waals surface area contributed by atoms with E-state index in [4.69, 9.17) is 9.47 Å². The molecule has 2 aliphatic heterocycles. The first-order chi connectivity index (χ1) is 25.5. The molecule has 6 nitrogen and oxygen atoms in total. The van der Waals surface area contributed by atoms with Gasteiger partial charge in [-0.2, -0.15) is 0 Å². The number of quaternary nitrogens is 1. The third-order valence-electron chi connectivity index (χ3n) is 13.9. The average molecular weight is 706 g/mol. The number of carbonyl (C=O) groups excluding carboxylic acids is 1. The number of likely N-dealkylation sites (tertiary alicyclic amines) is 1. The molecule has 278 valence electrons. The van der Waals surface area contributed by atoms with Gasteiger partial charge in [0.1, 0.15) is 31.0 Å². The van der Waals surface area contributed by atoms with Crippen LogP contribution in [0.5, 0.6) is 17.2 Å². The number of benzene rings is 3. The predicted molar refractivity (Wildman–Crippen MR) is 206 cm³/mol. The van der Waals surface area contributed by atoms with Crippen molar-refractivity contribution in [2.24, 2.45) is 17.8 Å². The second kappa shape index (κ2) is 15.5. The summed E-state index contributed by atoms with van der Waals surface area (Å²) in [5, 5.41) is 11.5. The average Bonchev–Trinajstić information content (AvgIpc) is 3.92. The van der Waals surface area contributed by atoms with Crippen molar-refractivity contribution in [3.63, 3.8) is 0 Å². The van der Waals surface area contributed by atoms with Crippen LogP contribution in [0.4, 0.5) is 0 Å². The third kappa shape index (κ3) is 6.97. The number of aromatic hydroxyl groups is 1. The number of carbonyl (C=O) groups is 1. The summed E-state index contributed by atoms with van der Waals surface area (Å²) in [6.07, 6.45) is 20.4. The summed E-state index contributed by atoms with van der Waals surface area (Å²) < 4.78 is 13.2. The molecule has 2 saturated carbocycles. The highest BCUT2D eigenvalue weighted by Crippen LogP contribution is 2.66. The van der Waals surface area contributed by atoms with Gasteiger partial charge in [0.05, 0.1) is 12.5 Å². The van der Waals surface area contributed by atoms with Crippen LogP contribution >= 0.6 is 0 Å². The number of nitrogens with zero attached hydrogens (tertiary/aromatic N) is 1. The summed E-state index contributed by atoms with van der Waals surface area (Å²) in [7, 11) is 1.68. The van der Waals surface area contributed by atoms with Gasteiger partial charge in [0, 0.05) is 47.8 Å². The van der Waals surface area contributed by atoms with Crippen molar-refractivity contribution in [2.45, 2.75) is 133 Å². The highest BCUT2D eigenvalue weighted by Gasteiger charge is 2.69. The molecule has 5 aliphatic rings. The molecule has 0 radical (unpaired) electrons. The lowest BCUT2D eigenvalue weighted by Gasteiger charge is -2.61. The topological polar surface area (TPSA) is 67.8 Å². The number of hydrogen-bond donors (Lipinski definition) is 2. The molecule has 3 aliphatic carbocycles. The second-order valence-electron chi connectivity index (χ2n) is 17.1. The number of hydrogen-bond acceptors (Lipinski definition) is 4. The number of piperidine rings is 1. The molecule has 3 aromatic rings. The van der Waals surface area contributed by atoms with Crippen molar-refractivity contribution in [3.8, 4) is 17.2 Å². The first-order valence-corrected chi connectivity index (χ1v) is 20.9. The summed E-state index contributed by atoms with van der Waals surface area (Å²) in [6.45, 7) is 1.96. The molecular weight excluding hydrogens is 645 g/mol. The van der Waals surface area contributed by atoms with Gasteiger partial charge < -0.3 is 14.6 Å². The Kier molecular flexibility index (Phi) is 10.6. The lowest BCUT2D eigenvalue weighted by molar-refractivity contribution is -0.995. The Morgan fingerprint density at radius 1 is 0.904 bits per heavy atom. The molecule has 1 amide bonds. The predicted octanol–water partition coefficient (Wildman–Crippen LogP) is 9.40. The zero-order chi connectivity index (χ0) is 35.5. The van der Waals surface area contributed by atoms with Crippen molar-refractivity contribution >= 4 is 5.91 Å². The number of ether oxygens (including phenoxy) is 2. The fraction of sp³-hybridized carbons (Fsp3) is 0.587. The van der Waals surface area contributed by atoms with E-state index in [1.807, 2.05) is 0 Å². The Morgan fingerprint density at radius 2 is 1.60 bits per heavy atom. The minimum absolute atomic E-state index is 0.00484. The Bertz CT molecular complexity index is 1670. The van der Waals surface area contributed by atoms with Crippen molar-refractivity contribution in [1.29, 1.82) is 0 Å². The number of phenols is 1. The van der Waals surface area contributed by atoms with E-state index in [-0.39, 0.29) is 29.4 Å². The van der Waals surface area contributed by atoms with Gasteiger partial charge >= 0.3 is 0 Å². The van der Waals surface area contributed by atoms with Gasteiger partial charge in [0.15, 0.2) is 11.5 Å². The molecule has 1 saturated heterocycles. The summed E-state index contributed by atoms with van der Waals surface area (Å²) in [5.74, 6) is 3.24. The number of methoxy groups -OCH3 is 1. The fourth-order valence-electron chi connectivity index (χ4n) is 11.1. The lowest BCUT2D eigenvalue weighted by Crippen LogP contribution is -2.77. The first kappa shape index (κ1) is 35.5. The Labute approximate surface area is 311 Å². The van der Waals surface area contributed by atoms with Crippen LogP contribution in [0, 0.1) is 17.8 Å². The van der Waals surface area contributed by atoms with E-state index in [0.717, 1.165) is 82.2 Å². The van der Waals surface area contributed by atoms with E-state index in [0.29, 0.717) is 27.9 Å². The quantitative estimate of drug-likeness (QED) is 0.102. The Morgan fingerprint density at radius 3 is 2.31 bits per heavy atom. The number of phenolic OH excluding ortho intramolecular Hbond substituents is 1. The van der Waals surface area contributed by atoms with Gasteiger partial charge in [-0.1, -0.05) is 99.2 Å². The first-order valence-electron chi connectivity index (χ1n) is 20.9. The van der Waals surface area contributed by atoms with Crippen LogP contribution in [-0.2, 0) is 29.5 Å². The van der Waals surface area contributed by atoms with Crippen molar-refractivity contribution in [1.82, 2.24) is 5.43 Å². The maximum atomic E-state index is 14.8. The van der Waals surface area contributed by atoms with E-state index in [2.05, 4.69) is 66.1 Å². The number of nitrogens with one attached hydrogen (secondary N) is 1. The van der Waals surface area contributed by atoms with E-state index in [1.54, 1.807) is 13.2 Å². The van der Waals surface area contributed by atoms with Gasteiger partial charge in [-0.15, -0.1) is 0 Å². The molecule has 0 aromatic heterocycles. The van der Waals surface area contributed by atoms with Crippen molar-refractivity contribution < 1.29 is 24.0 Å². The van der Waals surface area contributed by atoms with E-state index >= 15 is 0 Å². The maximum Gasteiger partial charge on any atom is 0.268 e. The van der Waals surface area contributed by atoms with Crippen LogP contribution in [0.3, 0.4) is 0 Å². The van der Waals surface area contributed by atoms with Gasteiger partial charge in [-0.25, -0.2) is 10.0 Å². The van der Waals surface area contributed by atoms with Crippen molar-refractivity contribution in [3.05, 3.63) is 89.0 Å². The lowest BCUT2D eigenvalue weighted by atomic mass is 9.51. The minimum atomic E-state index is -0.0951. The standard InChI is InChI=1S/C46H60N2O4/c1-51-41-31-40(49)37-30-39-38-22-15-23-42-46(38,43(37)44(41)52-42)28-29-48(39,32-35-24-25-35)47-45(50)36(27-26-34-19-12-8-13-20-34)21-14-6-4-2-3-5-9-16-33-17-10-7-11-18-33/h7-8,10-13,17-20,31,35-36,38-39,42H,2-6,9,14-16,21-30,32H2,1H3,(H-,47,49,50)/p+1/t36?,38-,39+,42-,46+,48?/m0/s1. The molecular formula is C46H61N2O4+. The Hall–Kier alpha value is -3.51. The molecule has 3 aromatic carbocycles. The number of unbranched alkanes of at least 4 members (excludes halogenated alkanes) is 6. The molecule has 2 N–H and O–H groups in total. The van der Waals surface area contributed by atoms with Crippen LogP contribution in [0.25, 0.3) is 0 Å². The largest absolute Gasteiger partial charge is 0.508 e. The van der Waals surface area contributed by atoms with E-state index < -0.39 is 0 Å². The van der Waals surface area contributed by atoms with E-state index in [1.165, 1.54) is 74.5 Å². The summed E-state index contributed by atoms with van der Waals surface area (Å²) >= 11 is 0. The minimum Gasteiger partial charge on any atom is -0.508 e. The maximum absolute atomic E-state index is 14.8. The van der Waals surface area contributed by atoms with Crippen LogP contribution < -0.4 is 14.9 Å². The summed E-state index contributed by atoms with van der Waals surface area (Å²) in [6, 6.07) is 23.6. The number of aryl methyl sites for hydroxylation is 2.